The van der Waals surface area contributed by atoms with Crippen LogP contribution in [0.5, 0.6) is 11.5 Å². The van der Waals surface area contributed by atoms with E-state index in [1.807, 2.05) is 0 Å². The van der Waals surface area contributed by atoms with Crippen LogP contribution in [0.15, 0.2) is 48.5 Å². The number of ether oxygens (including phenoxy) is 2. The maximum absolute atomic E-state index is 14.1. The lowest BCUT2D eigenvalue weighted by molar-refractivity contribution is 0.0912. The van der Waals surface area contributed by atoms with Gasteiger partial charge in [0.25, 0.3) is 0 Å². The third-order valence-electron chi connectivity index (χ3n) is 4.61. The molecule has 2 aromatic carbocycles. The number of rotatable bonds is 8. The van der Waals surface area contributed by atoms with Crippen LogP contribution >= 0.6 is 11.6 Å². The molecular weight excluding hydrogens is 428 g/mol. The van der Waals surface area contributed by atoms with Crippen LogP contribution in [0.1, 0.15) is 33.7 Å². The highest BCUT2D eigenvalue weighted by Gasteiger charge is 2.18. The van der Waals surface area contributed by atoms with Gasteiger partial charge in [0.2, 0.25) is 0 Å². The van der Waals surface area contributed by atoms with Gasteiger partial charge in [0.05, 0.1) is 24.8 Å². The molecule has 31 heavy (non-hydrogen) atoms. The number of ketones is 2. The average molecular weight is 446 g/mol. The number of carbonyl (C=O) groups is 2. The number of pyridine rings is 1. The second-order valence-corrected chi connectivity index (χ2v) is 6.98. The molecule has 8 heteroatoms. The van der Waals surface area contributed by atoms with Crippen molar-refractivity contribution in [2.75, 3.05) is 14.2 Å². The number of methoxy groups -OCH3 is 2. The zero-order valence-electron chi connectivity index (χ0n) is 16.7. The number of halogens is 3. The standard InChI is InChI=1S/C23H18ClF2NO4/c1-30-14-4-5-15(18(26)12-14)20(28)8-9-21(29)19-7-10-22(31-2)23(27-19)13-3-6-17(25)16(24)11-13/h3-7,10-12H,8-9H2,1-2H3. The van der Waals surface area contributed by atoms with Gasteiger partial charge in [-0.3, -0.25) is 9.59 Å². The minimum absolute atomic E-state index is 0.0924. The maximum atomic E-state index is 14.1. The highest BCUT2D eigenvalue weighted by Crippen LogP contribution is 2.31. The van der Waals surface area contributed by atoms with Crippen LogP contribution in [0.2, 0.25) is 5.02 Å². The fourth-order valence-corrected chi connectivity index (χ4v) is 3.14. The normalized spacial score (nSPS) is 10.6. The lowest BCUT2D eigenvalue weighted by atomic mass is 10.0. The summed E-state index contributed by atoms with van der Waals surface area (Å²) in [6.07, 6.45) is -0.346. The Labute approximate surface area is 182 Å². The fourth-order valence-electron chi connectivity index (χ4n) is 2.96. The van der Waals surface area contributed by atoms with Crippen molar-refractivity contribution in [3.05, 3.63) is 76.4 Å². The van der Waals surface area contributed by atoms with Gasteiger partial charge < -0.3 is 9.47 Å². The zero-order valence-corrected chi connectivity index (χ0v) is 17.5. The van der Waals surface area contributed by atoms with Crippen LogP contribution in [0.25, 0.3) is 11.3 Å². The Morgan fingerprint density at radius 2 is 1.65 bits per heavy atom. The fraction of sp³-hybridized carbons (Fsp3) is 0.174. The summed E-state index contributed by atoms with van der Waals surface area (Å²) in [5.74, 6) is -1.54. The van der Waals surface area contributed by atoms with Gasteiger partial charge in [0.15, 0.2) is 11.6 Å². The quantitative estimate of drug-likeness (QED) is 0.426. The minimum Gasteiger partial charge on any atom is -0.497 e. The first kappa shape index (κ1) is 22.4. The third-order valence-corrected chi connectivity index (χ3v) is 4.90. The molecule has 160 valence electrons. The number of aromatic nitrogens is 1. The molecule has 0 aliphatic heterocycles. The molecule has 0 aliphatic carbocycles. The molecule has 5 nitrogen and oxygen atoms in total. The van der Waals surface area contributed by atoms with Gasteiger partial charge in [-0.1, -0.05) is 11.6 Å². The number of nitrogens with zero attached hydrogens (tertiary/aromatic N) is 1. The van der Waals surface area contributed by atoms with Crippen molar-refractivity contribution < 1.29 is 27.8 Å². The number of hydrogen-bond donors (Lipinski definition) is 0. The Bertz CT molecular complexity index is 1150. The summed E-state index contributed by atoms with van der Waals surface area (Å²) in [4.78, 5) is 29.3. The van der Waals surface area contributed by atoms with Crippen molar-refractivity contribution in [2.24, 2.45) is 0 Å². The molecule has 0 N–H and O–H groups in total. The molecule has 0 atom stereocenters. The Hall–Kier alpha value is -3.32. The summed E-state index contributed by atoms with van der Waals surface area (Å²) in [5.41, 5.74) is 0.759. The molecule has 0 saturated carbocycles. The molecule has 0 aliphatic rings. The molecule has 3 aromatic rings. The van der Waals surface area contributed by atoms with Crippen LogP contribution in [-0.4, -0.2) is 30.8 Å². The first-order valence-corrected chi connectivity index (χ1v) is 9.62. The van der Waals surface area contributed by atoms with Crippen LogP contribution < -0.4 is 9.47 Å². The molecule has 0 spiro atoms. The lowest BCUT2D eigenvalue weighted by Gasteiger charge is -2.10. The molecule has 1 heterocycles. The number of carbonyl (C=O) groups excluding carboxylic acids is 2. The van der Waals surface area contributed by atoms with Crippen molar-refractivity contribution in [1.82, 2.24) is 4.98 Å². The Balaban J connectivity index is 1.79. The first-order chi connectivity index (χ1) is 14.8. The van der Waals surface area contributed by atoms with E-state index >= 15 is 0 Å². The smallest absolute Gasteiger partial charge is 0.181 e. The number of Topliss-reactive ketones (excluding diaryl/α,β-unsaturated/α-hetero) is 2. The summed E-state index contributed by atoms with van der Waals surface area (Å²) in [5, 5.41) is -0.0924. The Kier molecular flexibility index (Phi) is 6.97. The van der Waals surface area contributed by atoms with Gasteiger partial charge in [-0.05, 0) is 42.5 Å². The van der Waals surface area contributed by atoms with Gasteiger partial charge in [0, 0.05) is 24.5 Å². The molecule has 1 aromatic heterocycles. The van der Waals surface area contributed by atoms with E-state index in [-0.39, 0.29) is 29.1 Å². The molecule has 0 bridgehead atoms. The lowest BCUT2D eigenvalue weighted by Crippen LogP contribution is -2.09. The van der Waals surface area contributed by atoms with Gasteiger partial charge in [-0.15, -0.1) is 0 Å². The SMILES string of the molecule is COc1ccc(C(=O)CCC(=O)c2ccc(OC)c(-c3ccc(F)c(Cl)c3)n2)c(F)c1. The van der Waals surface area contributed by atoms with Gasteiger partial charge in [-0.25, -0.2) is 13.8 Å². The van der Waals surface area contributed by atoms with Crippen molar-refractivity contribution in [1.29, 1.82) is 0 Å². The van der Waals surface area contributed by atoms with E-state index in [4.69, 9.17) is 21.1 Å². The predicted molar refractivity (Wildman–Crippen MR) is 112 cm³/mol. The molecule has 0 saturated heterocycles. The Morgan fingerprint density at radius 1 is 0.903 bits per heavy atom. The Morgan fingerprint density at radius 3 is 2.29 bits per heavy atom. The van der Waals surface area contributed by atoms with Crippen molar-refractivity contribution >= 4 is 23.2 Å². The van der Waals surface area contributed by atoms with Crippen molar-refractivity contribution in [3.63, 3.8) is 0 Å². The van der Waals surface area contributed by atoms with E-state index in [1.54, 1.807) is 6.07 Å². The molecule has 3 rings (SSSR count). The molecule has 0 fully saturated rings. The summed E-state index contributed by atoms with van der Waals surface area (Å²) in [6.45, 7) is 0. The zero-order chi connectivity index (χ0) is 22.5. The average Bonchev–Trinajstić information content (AvgIpc) is 2.78. The van der Waals surface area contributed by atoms with Crippen LogP contribution in [0.3, 0.4) is 0 Å². The van der Waals surface area contributed by atoms with E-state index in [1.165, 1.54) is 50.6 Å². The summed E-state index contributed by atoms with van der Waals surface area (Å²) >= 11 is 5.85. The first-order valence-electron chi connectivity index (χ1n) is 9.24. The number of hydrogen-bond acceptors (Lipinski definition) is 5. The highest BCUT2D eigenvalue weighted by molar-refractivity contribution is 6.31. The van der Waals surface area contributed by atoms with E-state index in [2.05, 4.69) is 4.98 Å². The summed E-state index contributed by atoms with van der Waals surface area (Å²) in [6, 6.07) is 11.0. The van der Waals surface area contributed by atoms with Gasteiger partial charge in [-0.2, -0.15) is 0 Å². The predicted octanol–water partition coefficient (Wildman–Crippen LogP) is 5.54. The van der Waals surface area contributed by atoms with Crippen LogP contribution in [0.4, 0.5) is 8.78 Å². The largest absolute Gasteiger partial charge is 0.497 e. The van der Waals surface area contributed by atoms with Crippen molar-refractivity contribution in [2.45, 2.75) is 12.8 Å². The van der Waals surface area contributed by atoms with E-state index in [0.29, 0.717) is 22.8 Å². The topological polar surface area (TPSA) is 65.5 Å². The molecule has 0 unspecified atom stereocenters. The molecular formula is C23H18ClF2NO4. The van der Waals surface area contributed by atoms with Gasteiger partial charge in [0.1, 0.15) is 34.5 Å². The van der Waals surface area contributed by atoms with Crippen LogP contribution in [-0.2, 0) is 0 Å². The number of benzene rings is 2. The minimum atomic E-state index is -0.713. The highest BCUT2D eigenvalue weighted by atomic mass is 35.5. The van der Waals surface area contributed by atoms with Gasteiger partial charge >= 0.3 is 0 Å². The summed E-state index contributed by atoms with van der Waals surface area (Å²) < 4.78 is 37.7. The monoisotopic (exact) mass is 445 g/mol. The van der Waals surface area contributed by atoms with Crippen LogP contribution in [0, 0.1) is 11.6 Å². The van der Waals surface area contributed by atoms with E-state index < -0.39 is 23.2 Å². The van der Waals surface area contributed by atoms with E-state index in [9.17, 15) is 18.4 Å². The third kappa shape index (κ3) is 5.06. The molecule has 0 radical (unpaired) electrons. The van der Waals surface area contributed by atoms with Crippen molar-refractivity contribution in [3.8, 4) is 22.8 Å². The molecule has 0 amide bonds. The maximum Gasteiger partial charge on any atom is 0.181 e. The second-order valence-electron chi connectivity index (χ2n) is 6.57. The second kappa shape index (κ2) is 9.66. The summed E-state index contributed by atoms with van der Waals surface area (Å²) in [7, 11) is 2.83. The van der Waals surface area contributed by atoms with E-state index in [0.717, 1.165) is 6.07 Å².